The summed E-state index contributed by atoms with van der Waals surface area (Å²) in [6, 6.07) is 12.9. The Bertz CT molecular complexity index is 1730. The van der Waals surface area contributed by atoms with E-state index in [0.29, 0.717) is 45.7 Å². The SMILES string of the molecule is CCCc1ccc(-c2ccc(OCCCCCOCC(C)COCCCCCOc3ccc(-c4ccc(O)cc4F)c(F)c3F)c(F)c2F)c(F)c1. The summed E-state index contributed by atoms with van der Waals surface area (Å²) in [5.74, 6) is -6.74. The van der Waals surface area contributed by atoms with Crippen molar-refractivity contribution in [3.8, 4) is 39.5 Å². The van der Waals surface area contributed by atoms with Crippen molar-refractivity contribution in [2.45, 2.75) is 65.2 Å². The standard InChI is InChI=1S/C41H46F6O5/c1-3-10-28-11-13-30(34(42)23-28)32-15-17-36(40(46)38(32)44)51-21-8-4-6-19-49-25-27(2)26-50-20-7-5-9-22-52-37-18-16-33(39(45)41(37)47)31-14-12-29(48)24-35(31)43/h11-18,23-24,27,48H,3-10,19-22,25-26H2,1-2H3. The number of phenols is 1. The number of phenolic OH excluding ortho intramolecular Hbond substituents is 1. The largest absolute Gasteiger partial charge is 0.508 e. The molecule has 1 N–H and O–H groups in total. The zero-order valence-corrected chi connectivity index (χ0v) is 29.6. The van der Waals surface area contributed by atoms with E-state index in [2.05, 4.69) is 0 Å². The molecule has 0 amide bonds. The maximum atomic E-state index is 14.8. The van der Waals surface area contributed by atoms with Gasteiger partial charge in [0.2, 0.25) is 11.6 Å². The van der Waals surface area contributed by atoms with Gasteiger partial charge in [-0.05, 0) is 93.0 Å². The maximum Gasteiger partial charge on any atom is 0.201 e. The first kappa shape index (κ1) is 40.5. The van der Waals surface area contributed by atoms with Crippen LogP contribution in [0, 0.1) is 40.8 Å². The maximum absolute atomic E-state index is 14.8. The molecule has 0 aromatic heterocycles. The number of rotatable bonds is 22. The molecule has 0 spiro atoms. The minimum Gasteiger partial charge on any atom is -0.508 e. The first-order valence-corrected chi connectivity index (χ1v) is 17.7. The molecule has 0 aliphatic heterocycles. The van der Waals surface area contributed by atoms with E-state index < -0.39 is 34.9 Å². The molecule has 1 atom stereocenters. The molecule has 1 unspecified atom stereocenters. The summed E-state index contributed by atoms with van der Waals surface area (Å²) in [7, 11) is 0. The number of ether oxygens (including phenoxy) is 4. The second-order valence-corrected chi connectivity index (χ2v) is 12.8. The van der Waals surface area contributed by atoms with Gasteiger partial charge < -0.3 is 24.1 Å². The highest BCUT2D eigenvalue weighted by molar-refractivity contribution is 5.67. The minimum absolute atomic E-state index is 0.00993. The number of unbranched alkanes of at least 4 members (excludes halogenated alkanes) is 4. The van der Waals surface area contributed by atoms with E-state index in [-0.39, 0.29) is 58.6 Å². The zero-order valence-electron chi connectivity index (χ0n) is 29.6. The van der Waals surface area contributed by atoms with Gasteiger partial charge in [-0.1, -0.05) is 32.4 Å². The number of benzene rings is 4. The van der Waals surface area contributed by atoms with Crippen LogP contribution in [-0.2, 0) is 15.9 Å². The quantitative estimate of drug-likeness (QED) is 0.0644. The van der Waals surface area contributed by atoms with E-state index in [1.807, 2.05) is 13.8 Å². The van der Waals surface area contributed by atoms with Crippen LogP contribution in [0.2, 0.25) is 0 Å². The Hall–Kier alpha value is -4.22. The number of halogens is 6. The van der Waals surface area contributed by atoms with E-state index in [4.69, 9.17) is 18.9 Å². The molecular weight excluding hydrogens is 686 g/mol. The van der Waals surface area contributed by atoms with Crippen molar-refractivity contribution >= 4 is 0 Å². The molecule has 0 radical (unpaired) electrons. The topological polar surface area (TPSA) is 57.2 Å². The summed E-state index contributed by atoms with van der Waals surface area (Å²) in [6.45, 7) is 6.53. The molecule has 4 rings (SSSR count). The van der Waals surface area contributed by atoms with Crippen molar-refractivity contribution in [3.05, 3.63) is 101 Å². The zero-order chi connectivity index (χ0) is 37.5. The van der Waals surface area contributed by atoms with Crippen LogP contribution in [0.1, 0.15) is 64.4 Å². The molecule has 0 saturated heterocycles. The fourth-order valence-electron chi connectivity index (χ4n) is 5.59. The van der Waals surface area contributed by atoms with E-state index in [9.17, 15) is 31.4 Å². The molecule has 5 nitrogen and oxygen atoms in total. The van der Waals surface area contributed by atoms with Gasteiger partial charge >= 0.3 is 0 Å². The van der Waals surface area contributed by atoms with Crippen molar-refractivity contribution in [1.29, 1.82) is 0 Å². The molecule has 4 aromatic carbocycles. The fourth-order valence-corrected chi connectivity index (χ4v) is 5.59. The fraction of sp³-hybridized carbons (Fsp3) is 0.415. The first-order chi connectivity index (χ1) is 25.1. The van der Waals surface area contributed by atoms with Gasteiger partial charge in [0, 0.05) is 47.5 Å². The Balaban J connectivity index is 1.01. The van der Waals surface area contributed by atoms with Gasteiger partial charge in [-0.15, -0.1) is 0 Å². The third kappa shape index (κ3) is 11.6. The van der Waals surface area contributed by atoms with E-state index in [1.54, 1.807) is 6.07 Å². The first-order valence-electron chi connectivity index (χ1n) is 17.7. The van der Waals surface area contributed by atoms with Crippen LogP contribution >= 0.6 is 0 Å². The summed E-state index contributed by atoms with van der Waals surface area (Å²) >= 11 is 0. The van der Waals surface area contributed by atoms with Crippen molar-refractivity contribution in [3.63, 3.8) is 0 Å². The Morgan fingerprint density at radius 2 is 1.00 bits per heavy atom. The molecule has 11 heteroatoms. The molecule has 0 saturated carbocycles. The monoisotopic (exact) mass is 732 g/mol. The summed E-state index contributed by atoms with van der Waals surface area (Å²) in [5.41, 5.74) is 0.247. The third-order valence-electron chi connectivity index (χ3n) is 8.38. The number of hydrogen-bond acceptors (Lipinski definition) is 5. The minimum atomic E-state index is -1.22. The molecule has 0 heterocycles. The van der Waals surface area contributed by atoms with E-state index in [1.165, 1.54) is 48.5 Å². The van der Waals surface area contributed by atoms with Gasteiger partial charge in [0.25, 0.3) is 0 Å². The predicted molar refractivity (Wildman–Crippen MR) is 189 cm³/mol. The normalized spacial score (nSPS) is 11.9. The van der Waals surface area contributed by atoms with Gasteiger partial charge in [-0.25, -0.2) is 17.6 Å². The van der Waals surface area contributed by atoms with Crippen LogP contribution < -0.4 is 9.47 Å². The van der Waals surface area contributed by atoms with Crippen LogP contribution in [0.15, 0.2) is 60.7 Å². The van der Waals surface area contributed by atoms with Crippen LogP contribution in [0.4, 0.5) is 26.3 Å². The molecule has 282 valence electrons. The summed E-state index contributed by atoms with van der Waals surface area (Å²) in [5, 5.41) is 9.34. The van der Waals surface area contributed by atoms with Crippen LogP contribution in [0.3, 0.4) is 0 Å². The van der Waals surface area contributed by atoms with E-state index in [0.717, 1.165) is 43.7 Å². The molecule has 52 heavy (non-hydrogen) atoms. The Kier molecular flexibility index (Phi) is 16.2. The van der Waals surface area contributed by atoms with Gasteiger partial charge in [0.1, 0.15) is 17.4 Å². The lowest BCUT2D eigenvalue weighted by Crippen LogP contribution is -2.14. The molecular formula is C41H46F6O5. The van der Waals surface area contributed by atoms with Gasteiger partial charge in [-0.3, -0.25) is 0 Å². The Morgan fingerprint density at radius 3 is 1.48 bits per heavy atom. The summed E-state index contributed by atoms with van der Waals surface area (Å²) in [4.78, 5) is 0. The lowest BCUT2D eigenvalue weighted by molar-refractivity contribution is 0.0430. The predicted octanol–water partition coefficient (Wildman–Crippen LogP) is 11.0. The van der Waals surface area contributed by atoms with E-state index >= 15 is 0 Å². The van der Waals surface area contributed by atoms with Crippen molar-refractivity contribution in [1.82, 2.24) is 0 Å². The highest BCUT2D eigenvalue weighted by Gasteiger charge is 2.20. The summed E-state index contributed by atoms with van der Waals surface area (Å²) in [6.07, 6.45) is 5.88. The smallest absolute Gasteiger partial charge is 0.201 e. The van der Waals surface area contributed by atoms with Crippen LogP contribution in [0.25, 0.3) is 22.3 Å². The second kappa shape index (κ2) is 20.7. The number of aromatic hydroxyl groups is 1. The average molecular weight is 733 g/mol. The lowest BCUT2D eigenvalue weighted by atomic mass is 10.0. The average Bonchev–Trinajstić information content (AvgIpc) is 3.11. The Labute approximate surface area is 301 Å². The Morgan fingerprint density at radius 1 is 0.538 bits per heavy atom. The van der Waals surface area contributed by atoms with Crippen LogP contribution in [0.5, 0.6) is 17.2 Å². The molecule has 0 fully saturated rings. The molecule has 0 aliphatic rings. The summed E-state index contributed by atoms with van der Waals surface area (Å²) < 4.78 is 109. The third-order valence-corrected chi connectivity index (χ3v) is 8.38. The highest BCUT2D eigenvalue weighted by atomic mass is 19.2. The second-order valence-electron chi connectivity index (χ2n) is 12.8. The molecule has 0 aliphatic carbocycles. The number of hydrogen-bond donors (Lipinski definition) is 1. The van der Waals surface area contributed by atoms with Gasteiger partial charge in [-0.2, -0.15) is 8.78 Å². The van der Waals surface area contributed by atoms with Gasteiger partial charge in [0.05, 0.1) is 26.4 Å². The van der Waals surface area contributed by atoms with Gasteiger partial charge in [0.15, 0.2) is 23.1 Å². The number of aryl methyl sites for hydroxylation is 1. The van der Waals surface area contributed by atoms with Crippen molar-refractivity contribution in [2.24, 2.45) is 5.92 Å². The molecule has 0 bridgehead atoms. The van der Waals surface area contributed by atoms with Crippen molar-refractivity contribution in [2.75, 3.05) is 39.6 Å². The van der Waals surface area contributed by atoms with Crippen LogP contribution in [-0.4, -0.2) is 44.7 Å². The molecule has 4 aromatic rings. The highest BCUT2D eigenvalue weighted by Crippen LogP contribution is 2.34. The lowest BCUT2D eigenvalue weighted by Gasteiger charge is -2.13. The van der Waals surface area contributed by atoms with Crippen molar-refractivity contribution < 1.29 is 50.4 Å².